The van der Waals surface area contributed by atoms with E-state index in [0.29, 0.717) is 41.1 Å². The zero-order valence-corrected chi connectivity index (χ0v) is 18.5. The standard InChI is InChI=1S/C19H15ClI2O3/c1-2-3-7-15-16(11-5-4-6-12(20)19(11)25-15)17(23)10-8-13(21)18(24)14(22)9-10/h4-6,8-9,24H,2-3,7H2,1H3. The average Bonchev–Trinajstić information content (AvgIpc) is 2.96. The maximum absolute atomic E-state index is 13.2. The van der Waals surface area contributed by atoms with Crippen LogP contribution >= 0.6 is 56.8 Å². The molecule has 0 unspecified atom stereocenters. The molecule has 1 heterocycles. The summed E-state index contributed by atoms with van der Waals surface area (Å²) in [6, 6.07) is 8.85. The summed E-state index contributed by atoms with van der Waals surface area (Å²) >= 11 is 10.3. The Morgan fingerprint density at radius 1 is 1.24 bits per heavy atom. The lowest BCUT2D eigenvalue weighted by molar-refractivity contribution is 0.103. The van der Waals surface area contributed by atoms with Gasteiger partial charge in [-0.15, -0.1) is 0 Å². The number of carbonyl (C=O) groups is 1. The minimum atomic E-state index is -0.108. The number of aryl methyl sites for hydroxylation is 1. The fourth-order valence-corrected chi connectivity index (χ4v) is 4.72. The molecule has 25 heavy (non-hydrogen) atoms. The van der Waals surface area contributed by atoms with Crippen LogP contribution < -0.4 is 0 Å². The predicted molar refractivity (Wildman–Crippen MR) is 117 cm³/mol. The van der Waals surface area contributed by atoms with Crippen LogP contribution in [0.3, 0.4) is 0 Å². The van der Waals surface area contributed by atoms with E-state index in [1.807, 2.05) is 57.3 Å². The number of phenolic OH excluding ortho intramolecular Hbond substituents is 1. The zero-order chi connectivity index (χ0) is 18.1. The van der Waals surface area contributed by atoms with Crippen molar-refractivity contribution in [1.82, 2.24) is 0 Å². The van der Waals surface area contributed by atoms with Gasteiger partial charge < -0.3 is 9.52 Å². The zero-order valence-electron chi connectivity index (χ0n) is 13.4. The molecule has 0 aliphatic heterocycles. The van der Waals surface area contributed by atoms with Gasteiger partial charge in [-0.2, -0.15) is 0 Å². The van der Waals surface area contributed by atoms with Crippen LogP contribution in [0.1, 0.15) is 41.4 Å². The van der Waals surface area contributed by atoms with Crippen molar-refractivity contribution in [2.24, 2.45) is 0 Å². The van der Waals surface area contributed by atoms with E-state index in [9.17, 15) is 9.90 Å². The summed E-state index contributed by atoms with van der Waals surface area (Å²) in [5.74, 6) is 0.764. The maximum atomic E-state index is 13.2. The first-order valence-electron chi connectivity index (χ1n) is 7.86. The molecule has 1 aromatic heterocycles. The van der Waals surface area contributed by atoms with Crippen molar-refractivity contribution in [3.05, 3.63) is 59.4 Å². The van der Waals surface area contributed by atoms with Crippen molar-refractivity contribution in [3.8, 4) is 5.75 Å². The molecule has 1 N–H and O–H groups in total. The summed E-state index contributed by atoms with van der Waals surface area (Å²) in [6.07, 6.45) is 2.63. The van der Waals surface area contributed by atoms with Crippen molar-refractivity contribution in [2.45, 2.75) is 26.2 Å². The highest BCUT2D eigenvalue weighted by atomic mass is 127. The molecule has 0 atom stereocenters. The Morgan fingerprint density at radius 3 is 2.56 bits per heavy atom. The Morgan fingerprint density at radius 2 is 1.92 bits per heavy atom. The molecule has 0 aliphatic carbocycles. The molecular formula is C19H15ClI2O3. The number of ketones is 1. The van der Waals surface area contributed by atoms with Gasteiger partial charge in [0.05, 0.1) is 17.7 Å². The second kappa shape index (κ2) is 7.84. The molecule has 0 amide bonds. The fourth-order valence-electron chi connectivity index (χ4n) is 2.74. The largest absolute Gasteiger partial charge is 0.506 e. The lowest BCUT2D eigenvalue weighted by atomic mass is 9.98. The third-order valence-electron chi connectivity index (χ3n) is 4.00. The minimum Gasteiger partial charge on any atom is -0.506 e. The second-order valence-electron chi connectivity index (χ2n) is 5.74. The van der Waals surface area contributed by atoms with Gasteiger partial charge in [0.15, 0.2) is 11.4 Å². The van der Waals surface area contributed by atoms with Crippen LogP contribution in [0.5, 0.6) is 5.75 Å². The molecule has 0 radical (unpaired) electrons. The van der Waals surface area contributed by atoms with E-state index in [1.165, 1.54) is 0 Å². The first-order valence-corrected chi connectivity index (χ1v) is 10.4. The smallest absolute Gasteiger partial charge is 0.197 e. The van der Waals surface area contributed by atoms with Crippen LogP contribution in [0.2, 0.25) is 5.02 Å². The third kappa shape index (κ3) is 3.68. The Labute approximate surface area is 178 Å². The first-order chi connectivity index (χ1) is 11.9. The summed E-state index contributed by atoms with van der Waals surface area (Å²) in [6.45, 7) is 2.10. The molecule has 130 valence electrons. The predicted octanol–water partition coefficient (Wildman–Crippen LogP) is 6.57. The van der Waals surface area contributed by atoms with Gasteiger partial charge in [-0.05, 0) is 69.8 Å². The Kier molecular flexibility index (Phi) is 5.95. The van der Waals surface area contributed by atoms with Gasteiger partial charge in [0.2, 0.25) is 0 Å². The van der Waals surface area contributed by atoms with E-state index in [1.54, 1.807) is 18.2 Å². The fraction of sp³-hybridized carbons (Fsp3) is 0.211. The molecule has 0 spiro atoms. The molecular weight excluding hydrogens is 565 g/mol. The highest BCUT2D eigenvalue weighted by Gasteiger charge is 2.24. The molecule has 2 aromatic carbocycles. The van der Waals surface area contributed by atoms with Crippen LogP contribution in [0.15, 0.2) is 34.7 Å². The lowest BCUT2D eigenvalue weighted by Gasteiger charge is -2.06. The Balaban J connectivity index is 2.19. The number of hydrogen-bond donors (Lipinski definition) is 1. The molecule has 3 aromatic rings. The molecule has 6 heteroatoms. The number of rotatable bonds is 5. The van der Waals surface area contributed by atoms with Gasteiger partial charge in [-0.25, -0.2) is 0 Å². The Bertz CT molecular complexity index is 940. The maximum Gasteiger partial charge on any atom is 0.197 e. The molecule has 0 fully saturated rings. The number of aromatic hydroxyl groups is 1. The SMILES string of the molecule is CCCCc1oc2c(Cl)cccc2c1C(=O)c1cc(I)c(O)c(I)c1. The molecule has 0 saturated carbocycles. The van der Waals surface area contributed by atoms with Gasteiger partial charge in [-0.1, -0.05) is 37.1 Å². The monoisotopic (exact) mass is 580 g/mol. The number of unbranched alkanes of at least 4 members (excludes halogenated alkanes) is 1. The summed E-state index contributed by atoms with van der Waals surface area (Å²) in [5.41, 5.74) is 1.66. The topological polar surface area (TPSA) is 50.4 Å². The van der Waals surface area contributed by atoms with Crippen molar-refractivity contribution in [2.75, 3.05) is 0 Å². The van der Waals surface area contributed by atoms with Crippen LogP contribution in [0, 0.1) is 7.14 Å². The molecule has 0 bridgehead atoms. The minimum absolute atomic E-state index is 0.108. The molecule has 3 rings (SSSR count). The normalized spacial score (nSPS) is 11.2. The van der Waals surface area contributed by atoms with E-state index < -0.39 is 0 Å². The number of furan rings is 1. The highest BCUT2D eigenvalue weighted by molar-refractivity contribution is 14.1. The number of halogens is 3. The number of carbonyl (C=O) groups excluding carboxylic acids is 1. The summed E-state index contributed by atoms with van der Waals surface area (Å²) in [4.78, 5) is 13.2. The number of fused-ring (bicyclic) bond motifs is 1. The third-order valence-corrected chi connectivity index (χ3v) is 5.95. The van der Waals surface area contributed by atoms with Crippen molar-refractivity contribution in [3.63, 3.8) is 0 Å². The van der Waals surface area contributed by atoms with Crippen molar-refractivity contribution >= 4 is 73.5 Å². The van der Waals surface area contributed by atoms with Crippen LogP contribution in [0.4, 0.5) is 0 Å². The number of phenols is 1. The summed E-state index contributed by atoms with van der Waals surface area (Å²) in [5, 5.41) is 11.2. The average molecular weight is 581 g/mol. The van der Waals surface area contributed by atoms with E-state index in [4.69, 9.17) is 16.0 Å². The van der Waals surface area contributed by atoms with Crippen molar-refractivity contribution < 1.29 is 14.3 Å². The van der Waals surface area contributed by atoms with Gasteiger partial charge in [-0.3, -0.25) is 4.79 Å². The van der Waals surface area contributed by atoms with Crippen molar-refractivity contribution in [1.29, 1.82) is 0 Å². The summed E-state index contributed by atoms with van der Waals surface area (Å²) < 4.78 is 7.25. The molecule has 0 aliphatic rings. The van der Waals surface area contributed by atoms with Crippen LogP contribution in [0.25, 0.3) is 11.0 Å². The number of hydrogen-bond acceptors (Lipinski definition) is 3. The van der Waals surface area contributed by atoms with Gasteiger partial charge in [0.25, 0.3) is 0 Å². The molecule has 0 saturated heterocycles. The van der Waals surface area contributed by atoms with E-state index in [2.05, 4.69) is 6.92 Å². The van der Waals surface area contributed by atoms with Gasteiger partial charge in [0, 0.05) is 17.4 Å². The second-order valence-corrected chi connectivity index (χ2v) is 8.47. The van der Waals surface area contributed by atoms with Gasteiger partial charge >= 0.3 is 0 Å². The number of para-hydroxylation sites is 1. The van der Waals surface area contributed by atoms with Gasteiger partial charge in [0.1, 0.15) is 11.5 Å². The Hall–Kier alpha value is -0.800. The highest BCUT2D eigenvalue weighted by Crippen LogP contribution is 2.35. The summed E-state index contributed by atoms with van der Waals surface area (Å²) in [7, 11) is 0. The first kappa shape index (κ1) is 19.0. The number of benzene rings is 2. The van der Waals surface area contributed by atoms with Crippen LogP contribution in [-0.2, 0) is 6.42 Å². The quantitative estimate of drug-likeness (QED) is 0.274. The molecule has 3 nitrogen and oxygen atoms in total. The van der Waals surface area contributed by atoms with E-state index >= 15 is 0 Å². The van der Waals surface area contributed by atoms with E-state index in [-0.39, 0.29) is 11.5 Å². The van der Waals surface area contributed by atoms with Crippen LogP contribution in [-0.4, -0.2) is 10.9 Å². The lowest BCUT2D eigenvalue weighted by Crippen LogP contribution is -2.05. The van der Waals surface area contributed by atoms with E-state index in [0.717, 1.165) is 18.2 Å².